The molecule has 5 rings (SSSR count). The Hall–Kier alpha value is -4.10. The van der Waals surface area contributed by atoms with Crippen molar-refractivity contribution in [3.8, 4) is 11.3 Å². The van der Waals surface area contributed by atoms with Crippen molar-refractivity contribution in [1.82, 2.24) is 15.1 Å². The van der Waals surface area contributed by atoms with Gasteiger partial charge in [-0.3, -0.25) is 9.48 Å². The van der Waals surface area contributed by atoms with Crippen LogP contribution >= 0.6 is 11.6 Å². The number of carbonyl (C=O) groups is 2. The molecule has 35 heavy (non-hydrogen) atoms. The smallest absolute Gasteiger partial charge is 0.319 e. The lowest BCUT2D eigenvalue weighted by Crippen LogP contribution is -2.30. The Morgan fingerprint density at radius 1 is 0.886 bits per heavy atom. The van der Waals surface area contributed by atoms with E-state index in [-0.39, 0.29) is 18.0 Å². The molecule has 7 nitrogen and oxygen atoms in total. The monoisotopic (exact) mass is 485 g/mol. The predicted molar refractivity (Wildman–Crippen MR) is 138 cm³/mol. The van der Waals surface area contributed by atoms with Crippen molar-refractivity contribution in [3.05, 3.63) is 101 Å². The van der Waals surface area contributed by atoms with Crippen molar-refractivity contribution >= 4 is 34.9 Å². The van der Waals surface area contributed by atoms with Crippen LogP contribution in [0.25, 0.3) is 11.3 Å². The molecule has 1 aromatic heterocycles. The predicted octanol–water partition coefficient (Wildman–Crippen LogP) is 5.79. The zero-order chi connectivity index (χ0) is 24.2. The minimum atomic E-state index is -0.276. The number of aromatic nitrogens is 2. The fourth-order valence-corrected chi connectivity index (χ4v) is 3.80. The lowest BCUT2D eigenvalue weighted by Gasteiger charge is -2.09. The molecule has 4 aromatic rings. The summed E-state index contributed by atoms with van der Waals surface area (Å²) in [6.07, 6.45) is 3.81. The van der Waals surface area contributed by atoms with E-state index in [2.05, 4.69) is 16.0 Å². The van der Waals surface area contributed by atoms with Crippen LogP contribution < -0.4 is 16.0 Å². The maximum atomic E-state index is 13.3. The molecule has 0 aliphatic heterocycles. The van der Waals surface area contributed by atoms with E-state index in [1.807, 2.05) is 42.5 Å². The summed E-state index contributed by atoms with van der Waals surface area (Å²) in [6.45, 7) is 0.540. The van der Waals surface area contributed by atoms with E-state index < -0.39 is 0 Å². The van der Waals surface area contributed by atoms with Crippen molar-refractivity contribution in [2.24, 2.45) is 0 Å². The summed E-state index contributed by atoms with van der Waals surface area (Å²) >= 11 is 6.06. The molecule has 1 aliphatic rings. The molecule has 0 spiro atoms. The van der Waals surface area contributed by atoms with Crippen LogP contribution in [0.4, 0.5) is 16.2 Å². The molecule has 3 N–H and O–H groups in total. The van der Waals surface area contributed by atoms with E-state index in [4.69, 9.17) is 16.7 Å². The van der Waals surface area contributed by atoms with E-state index in [0.29, 0.717) is 34.2 Å². The van der Waals surface area contributed by atoms with Gasteiger partial charge in [0.15, 0.2) is 0 Å². The second kappa shape index (κ2) is 10.0. The number of benzene rings is 3. The van der Waals surface area contributed by atoms with E-state index in [1.54, 1.807) is 47.3 Å². The fourth-order valence-electron chi connectivity index (χ4n) is 3.68. The summed E-state index contributed by atoms with van der Waals surface area (Å²) in [5.41, 5.74) is 4.17. The van der Waals surface area contributed by atoms with Crippen LogP contribution in [0.1, 0.15) is 28.8 Å². The van der Waals surface area contributed by atoms with Crippen molar-refractivity contribution in [1.29, 1.82) is 0 Å². The molecule has 176 valence electrons. The third-order valence-electron chi connectivity index (χ3n) is 5.62. The number of carbonyl (C=O) groups excluding carboxylic acids is 2. The maximum absolute atomic E-state index is 13.3. The lowest BCUT2D eigenvalue weighted by atomic mass is 10.1. The number of nitrogens with zero attached hydrogens (tertiary/aromatic N) is 2. The van der Waals surface area contributed by atoms with Gasteiger partial charge in [0.05, 0.1) is 12.1 Å². The van der Waals surface area contributed by atoms with E-state index in [1.165, 1.54) is 0 Å². The molecule has 0 unspecified atom stereocenters. The van der Waals surface area contributed by atoms with E-state index in [9.17, 15) is 9.59 Å². The summed E-state index contributed by atoms with van der Waals surface area (Å²) in [5.74, 6) is -0.276. The van der Waals surface area contributed by atoms with Gasteiger partial charge in [-0.25, -0.2) is 4.79 Å². The maximum Gasteiger partial charge on any atom is 0.319 e. The molecular formula is C27H24ClN5O2. The quantitative estimate of drug-likeness (QED) is 0.309. The molecule has 0 bridgehead atoms. The first-order chi connectivity index (χ1) is 17.0. The second-order valence-electron chi connectivity index (χ2n) is 8.49. The Labute approximate surface area is 208 Å². The van der Waals surface area contributed by atoms with Gasteiger partial charge in [0.25, 0.3) is 5.91 Å². The van der Waals surface area contributed by atoms with Crippen LogP contribution in [-0.4, -0.2) is 27.8 Å². The molecule has 1 heterocycles. The second-order valence-corrected chi connectivity index (χ2v) is 8.92. The summed E-state index contributed by atoms with van der Waals surface area (Å²) in [7, 11) is 0. The van der Waals surface area contributed by atoms with Gasteiger partial charge in [0.2, 0.25) is 0 Å². The molecule has 1 saturated carbocycles. The van der Waals surface area contributed by atoms with Gasteiger partial charge in [0, 0.05) is 34.2 Å². The Kier molecular flexibility index (Phi) is 6.50. The first-order valence-electron chi connectivity index (χ1n) is 11.4. The number of amides is 3. The van der Waals surface area contributed by atoms with Crippen LogP contribution in [-0.2, 0) is 6.54 Å². The molecule has 8 heteroatoms. The molecule has 3 amide bonds. The first-order valence-corrected chi connectivity index (χ1v) is 11.8. The van der Waals surface area contributed by atoms with Gasteiger partial charge < -0.3 is 16.0 Å². The molecule has 0 atom stereocenters. The molecular weight excluding hydrogens is 462 g/mol. The fraction of sp³-hybridized carbons (Fsp3) is 0.148. The Morgan fingerprint density at radius 3 is 2.20 bits per heavy atom. The minimum absolute atomic E-state index is 0.220. The highest BCUT2D eigenvalue weighted by Crippen LogP contribution is 2.26. The van der Waals surface area contributed by atoms with Crippen molar-refractivity contribution < 1.29 is 9.59 Å². The number of hydrogen-bond donors (Lipinski definition) is 3. The molecule has 0 saturated heterocycles. The summed E-state index contributed by atoms with van der Waals surface area (Å²) in [6, 6.07) is 24.3. The largest absolute Gasteiger partial charge is 0.335 e. The molecule has 3 aromatic carbocycles. The third-order valence-corrected chi connectivity index (χ3v) is 5.88. The highest BCUT2D eigenvalue weighted by Gasteiger charge is 2.23. The van der Waals surface area contributed by atoms with Crippen LogP contribution in [0.3, 0.4) is 0 Å². The van der Waals surface area contributed by atoms with Crippen molar-refractivity contribution in [2.75, 3.05) is 10.6 Å². The zero-order valence-electron chi connectivity index (χ0n) is 18.9. The lowest BCUT2D eigenvalue weighted by molar-refractivity contribution is 0.102. The number of nitrogens with one attached hydrogen (secondary N) is 3. The number of hydrogen-bond acceptors (Lipinski definition) is 3. The topological polar surface area (TPSA) is 88.1 Å². The number of anilines is 2. The summed E-state index contributed by atoms with van der Waals surface area (Å²) < 4.78 is 1.76. The molecule has 1 aliphatic carbocycles. The highest BCUT2D eigenvalue weighted by molar-refractivity contribution is 6.30. The minimum Gasteiger partial charge on any atom is -0.335 e. The average Bonchev–Trinajstić information content (AvgIpc) is 3.57. The molecule has 0 radical (unpaired) electrons. The van der Waals surface area contributed by atoms with E-state index in [0.717, 1.165) is 24.0 Å². The zero-order valence-corrected chi connectivity index (χ0v) is 19.6. The Morgan fingerprint density at radius 2 is 1.54 bits per heavy atom. The van der Waals surface area contributed by atoms with Gasteiger partial charge in [-0.2, -0.15) is 5.10 Å². The van der Waals surface area contributed by atoms with Crippen molar-refractivity contribution in [3.63, 3.8) is 0 Å². The van der Waals surface area contributed by atoms with Gasteiger partial charge in [-0.15, -0.1) is 0 Å². The average molecular weight is 486 g/mol. The summed E-state index contributed by atoms with van der Waals surface area (Å²) in [5, 5.41) is 13.9. The molecule has 1 fully saturated rings. The van der Waals surface area contributed by atoms with Crippen LogP contribution in [0.15, 0.2) is 85.1 Å². The van der Waals surface area contributed by atoms with Crippen LogP contribution in [0, 0.1) is 0 Å². The first kappa shape index (κ1) is 22.7. The Balaban J connectivity index is 1.34. The SMILES string of the molecule is O=C(Nc1ccc(NC(=O)c2cn(Cc3ccccc3)nc2-c2ccc(Cl)cc2)cc1)NC1CC1. The van der Waals surface area contributed by atoms with E-state index >= 15 is 0 Å². The number of halogens is 1. The van der Waals surface area contributed by atoms with Gasteiger partial charge in [0.1, 0.15) is 5.69 Å². The van der Waals surface area contributed by atoms with Gasteiger partial charge >= 0.3 is 6.03 Å². The third kappa shape index (κ3) is 5.88. The van der Waals surface area contributed by atoms with Crippen molar-refractivity contribution in [2.45, 2.75) is 25.4 Å². The number of rotatable bonds is 7. The van der Waals surface area contributed by atoms with Crippen LogP contribution in [0.5, 0.6) is 0 Å². The van der Waals surface area contributed by atoms with Gasteiger partial charge in [-0.05, 0) is 54.8 Å². The Bertz CT molecular complexity index is 1330. The highest BCUT2D eigenvalue weighted by atomic mass is 35.5. The number of urea groups is 1. The van der Waals surface area contributed by atoms with Gasteiger partial charge in [-0.1, -0.05) is 54.1 Å². The normalized spacial score (nSPS) is 12.7. The summed E-state index contributed by atoms with van der Waals surface area (Å²) in [4.78, 5) is 25.2. The van der Waals surface area contributed by atoms with Crippen LogP contribution in [0.2, 0.25) is 5.02 Å². The standard InChI is InChI=1S/C27H24ClN5O2/c28-20-8-6-19(7-9-20)25-24(17-33(32-25)16-18-4-2-1-3-5-18)26(34)29-21-10-12-22(13-11-21)30-27(35)31-23-14-15-23/h1-13,17,23H,14-16H2,(H,29,34)(H2,30,31,35).